The Morgan fingerprint density at radius 3 is 2.36 bits per heavy atom. The lowest BCUT2D eigenvalue weighted by atomic mass is 9.86. The van der Waals surface area contributed by atoms with Gasteiger partial charge in [-0.05, 0) is 65.9 Å². The number of aryl methyl sites for hydroxylation is 1. The van der Waals surface area contributed by atoms with E-state index in [9.17, 15) is 4.79 Å². The Labute approximate surface area is 151 Å². The third-order valence-electron chi connectivity index (χ3n) is 6.28. The van der Waals surface area contributed by atoms with Gasteiger partial charge in [0, 0.05) is 25.2 Å². The second-order valence-corrected chi connectivity index (χ2v) is 7.98. The van der Waals surface area contributed by atoms with Gasteiger partial charge in [-0.15, -0.1) is 0 Å². The van der Waals surface area contributed by atoms with Gasteiger partial charge in [0.25, 0.3) is 5.91 Å². The zero-order valence-corrected chi connectivity index (χ0v) is 16.2. The van der Waals surface area contributed by atoms with E-state index in [0.29, 0.717) is 23.7 Å². The van der Waals surface area contributed by atoms with Crippen LogP contribution in [-0.2, 0) is 0 Å². The lowest BCUT2D eigenvalue weighted by molar-refractivity contribution is 0.0278. The highest BCUT2D eigenvalue weighted by Crippen LogP contribution is 2.30. The van der Waals surface area contributed by atoms with Crippen LogP contribution in [0.1, 0.15) is 54.6 Å². The Hall–Kier alpha value is -1.33. The van der Waals surface area contributed by atoms with Crippen LogP contribution in [0.5, 0.6) is 0 Å². The first-order valence-corrected chi connectivity index (χ1v) is 9.70. The van der Waals surface area contributed by atoms with Crippen molar-refractivity contribution in [1.29, 1.82) is 0 Å². The van der Waals surface area contributed by atoms with Crippen LogP contribution in [0.4, 0.5) is 0 Å². The molecule has 1 aliphatic heterocycles. The van der Waals surface area contributed by atoms with Gasteiger partial charge in [0.2, 0.25) is 0 Å². The molecule has 2 heterocycles. The molecule has 1 saturated carbocycles. The summed E-state index contributed by atoms with van der Waals surface area (Å²) in [5.74, 6) is 0.880. The minimum absolute atomic E-state index is 0.0885. The predicted molar refractivity (Wildman–Crippen MR) is 99.9 cm³/mol. The van der Waals surface area contributed by atoms with Crippen LogP contribution >= 0.6 is 0 Å². The van der Waals surface area contributed by atoms with Crippen molar-refractivity contribution < 1.29 is 9.21 Å². The maximum absolute atomic E-state index is 12.9. The molecule has 0 spiro atoms. The molecule has 0 aromatic carbocycles. The molecular weight excluding hydrogens is 314 g/mol. The van der Waals surface area contributed by atoms with E-state index in [1.165, 1.54) is 45.2 Å². The van der Waals surface area contributed by atoms with Crippen LogP contribution in [0.15, 0.2) is 16.7 Å². The number of likely N-dealkylation sites (N-methyl/N-ethyl adjacent to an activating group) is 2. The monoisotopic (exact) mass is 347 g/mol. The molecule has 1 aromatic heterocycles. The van der Waals surface area contributed by atoms with Crippen LogP contribution in [0.2, 0.25) is 0 Å². The van der Waals surface area contributed by atoms with Crippen molar-refractivity contribution in [2.75, 3.05) is 34.2 Å². The third kappa shape index (κ3) is 4.09. The van der Waals surface area contributed by atoms with E-state index in [1.807, 2.05) is 24.9 Å². The number of nitrogens with zero attached hydrogens (tertiary/aromatic N) is 3. The van der Waals surface area contributed by atoms with Crippen LogP contribution in [0, 0.1) is 6.92 Å². The maximum Gasteiger partial charge on any atom is 0.257 e. The van der Waals surface area contributed by atoms with Crippen LogP contribution < -0.4 is 0 Å². The first kappa shape index (κ1) is 18.5. The summed E-state index contributed by atoms with van der Waals surface area (Å²) in [4.78, 5) is 19.9. The lowest BCUT2D eigenvalue weighted by Gasteiger charge is -2.46. The van der Waals surface area contributed by atoms with Gasteiger partial charge in [-0.2, -0.15) is 0 Å². The molecule has 25 heavy (non-hydrogen) atoms. The maximum atomic E-state index is 12.9. The van der Waals surface area contributed by atoms with Crippen molar-refractivity contribution in [2.24, 2.45) is 0 Å². The Morgan fingerprint density at radius 2 is 1.76 bits per heavy atom. The second kappa shape index (κ2) is 7.92. The number of rotatable bonds is 4. The molecular formula is C20H33N3O2. The van der Waals surface area contributed by atoms with Crippen molar-refractivity contribution in [3.8, 4) is 0 Å². The number of carbonyl (C=O) groups is 1. The first-order valence-electron chi connectivity index (χ1n) is 9.70. The highest BCUT2D eigenvalue weighted by molar-refractivity contribution is 5.94. The van der Waals surface area contributed by atoms with Gasteiger partial charge in [0.15, 0.2) is 0 Å². The van der Waals surface area contributed by atoms with Crippen LogP contribution in [0.25, 0.3) is 0 Å². The number of piperidine rings is 1. The number of hydrogen-bond donors (Lipinski definition) is 0. The fourth-order valence-electron chi connectivity index (χ4n) is 4.60. The van der Waals surface area contributed by atoms with Crippen molar-refractivity contribution in [3.63, 3.8) is 0 Å². The number of likely N-dealkylation sites (tertiary alicyclic amines) is 1. The predicted octanol–water partition coefficient (Wildman–Crippen LogP) is 3.00. The van der Waals surface area contributed by atoms with Crippen molar-refractivity contribution >= 4 is 5.91 Å². The van der Waals surface area contributed by atoms with E-state index in [4.69, 9.17) is 4.42 Å². The van der Waals surface area contributed by atoms with Gasteiger partial charge < -0.3 is 14.2 Å². The molecule has 0 radical (unpaired) electrons. The highest BCUT2D eigenvalue weighted by Gasteiger charge is 2.36. The van der Waals surface area contributed by atoms with E-state index >= 15 is 0 Å². The molecule has 2 fully saturated rings. The van der Waals surface area contributed by atoms with Crippen molar-refractivity contribution in [2.45, 2.75) is 63.6 Å². The summed E-state index contributed by atoms with van der Waals surface area (Å²) in [6, 6.07) is 3.24. The zero-order chi connectivity index (χ0) is 18.0. The van der Waals surface area contributed by atoms with E-state index in [0.717, 1.165) is 12.2 Å². The van der Waals surface area contributed by atoms with E-state index in [2.05, 4.69) is 23.9 Å². The topological polar surface area (TPSA) is 39.9 Å². The minimum Gasteiger partial charge on any atom is -0.469 e. The molecule has 1 aromatic rings. The summed E-state index contributed by atoms with van der Waals surface area (Å²) in [5, 5.41) is 0. The molecule has 1 saturated heterocycles. The Morgan fingerprint density at radius 1 is 1.12 bits per heavy atom. The summed E-state index contributed by atoms with van der Waals surface area (Å²) < 4.78 is 5.34. The molecule has 0 N–H and O–H groups in total. The molecule has 1 aliphatic carbocycles. The number of hydrogen-bond acceptors (Lipinski definition) is 4. The Kier molecular flexibility index (Phi) is 5.85. The highest BCUT2D eigenvalue weighted by atomic mass is 16.3. The zero-order valence-electron chi connectivity index (χ0n) is 16.2. The summed E-state index contributed by atoms with van der Waals surface area (Å²) in [6.45, 7) is 4.24. The molecule has 5 heteroatoms. The van der Waals surface area contributed by atoms with Crippen LogP contribution in [0.3, 0.4) is 0 Å². The average molecular weight is 348 g/mol. The fourth-order valence-corrected chi connectivity index (χ4v) is 4.60. The Bertz CT molecular complexity index is 577. The summed E-state index contributed by atoms with van der Waals surface area (Å²) in [6.07, 6.45) is 8.82. The van der Waals surface area contributed by atoms with E-state index in [-0.39, 0.29) is 5.91 Å². The lowest BCUT2D eigenvalue weighted by Crippen LogP contribution is -2.56. The third-order valence-corrected chi connectivity index (χ3v) is 6.28. The van der Waals surface area contributed by atoms with Gasteiger partial charge in [-0.3, -0.25) is 9.69 Å². The molecule has 140 valence electrons. The number of amides is 1. The quantitative estimate of drug-likeness (QED) is 0.839. The molecule has 5 nitrogen and oxygen atoms in total. The van der Waals surface area contributed by atoms with Gasteiger partial charge in [0.05, 0.1) is 5.56 Å². The normalized spacial score (nSPS) is 26.1. The molecule has 3 rings (SSSR count). The standard InChI is InChI=1S/C20H33N3O2/c1-15-13-16(14-25-15)20(24)23(4)19-8-6-5-7-18(19)22(3)17-9-11-21(2)12-10-17/h13-14,17-19H,5-12H2,1-4H3/t18-,19+/m0/s1. The molecule has 0 unspecified atom stereocenters. The summed E-state index contributed by atoms with van der Waals surface area (Å²) >= 11 is 0. The van der Waals surface area contributed by atoms with E-state index in [1.54, 1.807) is 6.26 Å². The average Bonchev–Trinajstić information content (AvgIpc) is 3.07. The van der Waals surface area contributed by atoms with Gasteiger partial charge in [-0.25, -0.2) is 0 Å². The Balaban J connectivity index is 1.70. The minimum atomic E-state index is 0.0885. The SMILES string of the molecule is Cc1cc(C(=O)N(C)[C@@H]2CCCC[C@@H]2N(C)C2CCN(C)CC2)co1. The largest absolute Gasteiger partial charge is 0.469 e. The van der Waals surface area contributed by atoms with Crippen molar-refractivity contribution in [1.82, 2.24) is 14.7 Å². The van der Waals surface area contributed by atoms with Crippen LogP contribution in [-0.4, -0.2) is 73.0 Å². The molecule has 2 atom stereocenters. The van der Waals surface area contributed by atoms with Gasteiger partial charge in [0.1, 0.15) is 12.0 Å². The number of carbonyl (C=O) groups excluding carboxylic acids is 1. The molecule has 2 aliphatic rings. The number of furan rings is 1. The first-order chi connectivity index (χ1) is 12.0. The molecule has 1 amide bonds. The van der Waals surface area contributed by atoms with Gasteiger partial charge >= 0.3 is 0 Å². The summed E-state index contributed by atoms with van der Waals surface area (Å²) in [7, 11) is 6.45. The van der Waals surface area contributed by atoms with E-state index < -0.39 is 0 Å². The van der Waals surface area contributed by atoms with Crippen molar-refractivity contribution in [3.05, 3.63) is 23.7 Å². The second-order valence-electron chi connectivity index (χ2n) is 7.98. The van der Waals surface area contributed by atoms with Gasteiger partial charge in [-0.1, -0.05) is 12.8 Å². The summed E-state index contributed by atoms with van der Waals surface area (Å²) in [5.41, 5.74) is 0.672. The smallest absolute Gasteiger partial charge is 0.257 e. The molecule has 0 bridgehead atoms. The fraction of sp³-hybridized carbons (Fsp3) is 0.750.